The van der Waals surface area contributed by atoms with Crippen molar-refractivity contribution in [3.05, 3.63) is 40.6 Å². The van der Waals surface area contributed by atoms with Crippen LogP contribution in [0.2, 0.25) is 5.02 Å². The molecule has 3 heterocycles. The second-order valence-electron chi connectivity index (χ2n) is 9.35. The van der Waals surface area contributed by atoms with Crippen molar-refractivity contribution in [2.24, 2.45) is 0 Å². The lowest BCUT2D eigenvalue weighted by Gasteiger charge is -2.43. The number of hydrogen-bond acceptors (Lipinski definition) is 8. The summed E-state index contributed by atoms with van der Waals surface area (Å²) in [5.41, 5.74) is 1.10. The Morgan fingerprint density at radius 3 is 2.64 bits per heavy atom. The lowest BCUT2D eigenvalue weighted by molar-refractivity contribution is -0.163. The lowest BCUT2D eigenvalue weighted by Crippen LogP contribution is -2.70. The largest absolute Gasteiger partial charge is 0.463 e. The van der Waals surface area contributed by atoms with Crippen LogP contribution in [0, 0.1) is 6.92 Å². The molecule has 2 aliphatic heterocycles. The highest BCUT2D eigenvalue weighted by atomic mass is 35.5. The topological polar surface area (TPSA) is 105 Å². The summed E-state index contributed by atoms with van der Waals surface area (Å²) in [4.78, 5) is 43.1. The van der Waals surface area contributed by atoms with Crippen LogP contribution in [0.1, 0.15) is 43.8 Å². The van der Waals surface area contributed by atoms with Gasteiger partial charge in [0, 0.05) is 16.9 Å². The number of carbonyl (C=O) groups is 3. The monoisotopic (exact) mass is 534 g/mol. The molecule has 2 aromatic rings. The van der Waals surface area contributed by atoms with Gasteiger partial charge < -0.3 is 24.4 Å². The first-order valence-corrected chi connectivity index (χ1v) is 13.3. The molecule has 194 valence electrons. The van der Waals surface area contributed by atoms with Crippen molar-refractivity contribution in [2.45, 2.75) is 56.8 Å². The quantitative estimate of drug-likeness (QED) is 0.386. The summed E-state index contributed by atoms with van der Waals surface area (Å²) in [6, 6.07) is 5.53. The highest BCUT2D eigenvalue weighted by Gasteiger charge is 2.64. The lowest BCUT2D eigenvalue weighted by atomic mass is 9.95. The van der Waals surface area contributed by atoms with Gasteiger partial charge >= 0.3 is 5.97 Å². The van der Waals surface area contributed by atoms with Crippen molar-refractivity contribution in [2.75, 3.05) is 26.2 Å². The predicted molar refractivity (Wildman–Crippen MR) is 138 cm³/mol. The number of aromatic nitrogens is 1. The van der Waals surface area contributed by atoms with Gasteiger partial charge in [-0.05, 0) is 39.9 Å². The molecule has 0 spiro atoms. The number of amides is 2. The van der Waals surface area contributed by atoms with E-state index >= 15 is 0 Å². The normalized spacial score (nSPS) is 22.4. The Bertz CT molecular complexity index is 1170. The van der Waals surface area contributed by atoms with Crippen molar-refractivity contribution in [3.8, 4) is 11.3 Å². The third kappa shape index (κ3) is 4.73. The molecule has 9 nitrogen and oxygen atoms in total. The minimum atomic E-state index is -0.774. The van der Waals surface area contributed by atoms with E-state index in [1.54, 1.807) is 31.2 Å². The third-order valence-corrected chi connectivity index (χ3v) is 8.62. The predicted octanol–water partition coefficient (Wildman–Crippen LogP) is 3.35. The minimum absolute atomic E-state index is 0.226. The maximum absolute atomic E-state index is 13.3. The Kier molecular flexibility index (Phi) is 7.68. The maximum atomic E-state index is 13.3. The van der Waals surface area contributed by atoms with Crippen LogP contribution in [0.3, 0.4) is 0 Å². The number of likely N-dealkylation sites (N-methyl/N-ethyl adjacent to an activating group) is 1. The molecule has 4 rings (SSSR count). The zero-order chi connectivity index (χ0) is 26.2. The molecule has 11 heteroatoms. The Morgan fingerprint density at radius 1 is 1.28 bits per heavy atom. The van der Waals surface area contributed by atoms with Crippen molar-refractivity contribution >= 4 is 41.1 Å². The third-order valence-electron chi connectivity index (χ3n) is 6.72. The van der Waals surface area contributed by atoms with E-state index in [9.17, 15) is 14.4 Å². The van der Waals surface area contributed by atoms with Gasteiger partial charge in [-0.15, -0.1) is 11.8 Å². The molecular weight excluding hydrogens is 504 g/mol. The van der Waals surface area contributed by atoms with Crippen molar-refractivity contribution in [1.29, 1.82) is 0 Å². The molecule has 2 aliphatic rings. The summed E-state index contributed by atoms with van der Waals surface area (Å²) < 4.78 is 10.3. The van der Waals surface area contributed by atoms with E-state index in [4.69, 9.17) is 20.9 Å². The van der Waals surface area contributed by atoms with Gasteiger partial charge in [-0.3, -0.25) is 9.59 Å². The van der Waals surface area contributed by atoms with Gasteiger partial charge in [0.05, 0.1) is 5.02 Å². The molecule has 0 bridgehead atoms. The molecular formula is C25H31ClN4O5S. The molecule has 2 amide bonds. The molecule has 1 aromatic heterocycles. The number of hydrogen-bond donors (Lipinski definition) is 1. The van der Waals surface area contributed by atoms with Gasteiger partial charge in [-0.1, -0.05) is 48.8 Å². The number of ether oxygens (including phenoxy) is 1. The number of fused-ring (bicyclic) bond motifs is 1. The zero-order valence-electron chi connectivity index (χ0n) is 21.0. The number of β-lactam (4-membered cyclic amide) rings is 1. The zero-order valence-corrected chi connectivity index (χ0v) is 22.6. The van der Waals surface area contributed by atoms with Gasteiger partial charge in [0.1, 0.15) is 41.1 Å². The second-order valence-corrected chi connectivity index (χ2v) is 11.5. The standard InChI is InChI=1S/C25H31ClN4O5S/c1-6-29(7-2)12-13-34-24(33)20-25(4,5)36-23-19(22(32)30(20)23)27-21(31)17-14(3)35-28-18(17)15-10-8-9-11-16(15)26/h8-11,19-20,23H,6-7,12-13H2,1-5H3,(H,27,31)/t19-,20+,23-/m1/s1. The first-order chi connectivity index (χ1) is 17.1. The van der Waals surface area contributed by atoms with Gasteiger partial charge in [0.15, 0.2) is 0 Å². The van der Waals surface area contributed by atoms with Crippen LogP contribution in [0.4, 0.5) is 0 Å². The van der Waals surface area contributed by atoms with E-state index < -0.39 is 28.7 Å². The van der Waals surface area contributed by atoms with Crippen LogP contribution >= 0.6 is 23.4 Å². The van der Waals surface area contributed by atoms with Gasteiger partial charge in [-0.2, -0.15) is 0 Å². The number of thioether (sulfide) groups is 1. The van der Waals surface area contributed by atoms with E-state index in [0.717, 1.165) is 13.1 Å². The number of rotatable bonds is 9. The SMILES string of the molecule is CCN(CC)CCOC(=O)[C@@H]1N2C(=O)[C@@H](NC(=O)c3c(-c4ccccc4Cl)noc3C)[C@H]2SC1(C)C. The van der Waals surface area contributed by atoms with E-state index in [2.05, 4.69) is 29.2 Å². The molecule has 3 atom stereocenters. The Labute approximate surface area is 219 Å². The van der Waals surface area contributed by atoms with Crippen molar-refractivity contribution < 1.29 is 23.6 Å². The minimum Gasteiger partial charge on any atom is -0.463 e. The maximum Gasteiger partial charge on any atom is 0.330 e. The molecule has 0 unspecified atom stereocenters. The number of halogens is 1. The number of nitrogens with one attached hydrogen (secondary N) is 1. The summed E-state index contributed by atoms with van der Waals surface area (Å²) in [5, 5.41) is 6.92. The van der Waals surface area contributed by atoms with E-state index in [1.807, 2.05) is 13.8 Å². The number of carbonyl (C=O) groups excluding carboxylic acids is 3. The number of aryl methyl sites for hydroxylation is 1. The Balaban J connectivity index is 1.46. The molecule has 2 fully saturated rings. The summed E-state index contributed by atoms with van der Waals surface area (Å²) in [7, 11) is 0. The highest BCUT2D eigenvalue weighted by Crippen LogP contribution is 2.51. The molecule has 36 heavy (non-hydrogen) atoms. The number of benzene rings is 1. The number of nitrogens with zero attached hydrogens (tertiary/aromatic N) is 3. The Hall–Kier alpha value is -2.56. The molecule has 1 aromatic carbocycles. The first-order valence-electron chi connectivity index (χ1n) is 12.0. The van der Waals surface area contributed by atoms with Gasteiger partial charge in [0.2, 0.25) is 5.91 Å². The molecule has 2 saturated heterocycles. The highest BCUT2D eigenvalue weighted by molar-refractivity contribution is 8.01. The van der Waals surface area contributed by atoms with Gasteiger partial charge in [0.25, 0.3) is 5.91 Å². The van der Waals surface area contributed by atoms with Crippen molar-refractivity contribution in [1.82, 2.24) is 20.3 Å². The van der Waals surface area contributed by atoms with E-state index in [1.165, 1.54) is 16.7 Å². The second kappa shape index (κ2) is 10.4. The fourth-order valence-electron chi connectivity index (χ4n) is 4.71. The molecule has 0 saturated carbocycles. The van der Waals surface area contributed by atoms with E-state index in [-0.39, 0.29) is 23.5 Å². The summed E-state index contributed by atoms with van der Waals surface area (Å²) in [6.45, 7) is 12.2. The fourth-order valence-corrected chi connectivity index (χ4v) is 6.56. The van der Waals surface area contributed by atoms with Gasteiger partial charge in [-0.25, -0.2) is 4.79 Å². The molecule has 1 N–H and O–H groups in total. The molecule has 0 aliphatic carbocycles. The molecule has 0 radical (unpaired) electrons. The fraction of sp³-hybridized carbons (Fsp3) is 0.520. The number of esters is 1. The van der Waals surface area contributed by atoms with Crippen LogP contribution < -0.4 is 5.32 Å². The summed E-state index contributed by atoms with van der Waals surface area (Å²) in [5.74, 6) is -0.896. The first kappa shape index (κ1) is 26.5. The summed E-state index contributed by atoms with van der Waals surface area (Å²) >= 11 is 7.79. The smallest absolute Gasteiger partial charge is 0.330 e. The van der Waals surface area contributed by atoms with Crippen LogP contribution in [-0.2, 0) is 14.3 Å². The van der Waals surface area contributed by atoms with Crippen LogP contribution in [0.5, 0.6) is 0 Å². The van der Waals surface area contributed by atoms with Crippen LogP contribution in [0.25, 0.3) is 11.3 Å². The average molecular weight is 535 g/mol. The van der Waals surface area contributed by atoms with Crippen LogP contribution in [0.15, 0.2) is 28.8 Å². The van der Waals surface area contributed by atoms with Crippen LogP contribution in [-0.4, -0.2) is 81.2 Å². The Morgan fingerprint density at radius 2 is 1.97 bits per heavy atom. The summed E-state index contributed by atoms with van der Waals surface area (Å²) in [6.07, 6.45) is 0. The van der Waals surface area contributed by atoms with E-state index in [0.29, 0.717) is 28.6 Å². The average Bonchev–Trinajstić information content (AvgIpc) is 3.35. The van der Waals surface area contributed by atoms with Crippen molar-refractivity contribution in [3.63, 3.8) is 0 Å².